The Morgan fingerprint density at radius 3 is 2.05 bits per heavy atom. The van der Waals surface area contributed by atoms with Crippen LogP contribution in [0.3, 0.4) is 0 Å². The molecule has 4 rings (SSSR count). The molecule has 0 fully saturated rings. The predicted octanol–water partition coefficient (Wildman–Crippen LogP) is 5.57. The standard InChI is InChI=1S/C21H16O/c1-2-9-18(10-3-1)22-15-17-14-16-8-4-5-11-19(16)21-13-7-6-12-20(17)21/h1-14H,15H2. The van der Waals surface area contributed by atoms with Crippen LogP contribution in [0.2, 0.25) is 0 Å². The Hall–Kier alpha value is -2.80. The molecule has 0 aromatic heterocycles. The van der Waals surface area contributed by atoms with E-state index < -0.39 is 0 Å². The van der Waals surface area contributed by atoms with Gasteiger partial charge in [0.15, 0.2) is 0 Å². The maximum atomic E-state index is 5.95. The van der Waals surface area contributed by atoms with Gasteiger partial charge in [-0.05, 0) is 45.3 Å². The summed E-state index contributed by atoms with van der Waals surface area (Å²) in [4.78, 5) is 0. The highest BCUT2D eigenvalue weighted by molar-refractivity contribution is 6.08. The van der Waals surface area contributed by atoms with E-state index >= 15 is 0 Å². The van der Waals surface area contributed by atoms with Crippen LogP contribution in [0.5, 0.6) is 5.75 Å². The fourth-order valence-electron chi connectivity index (χ4n) is 2.93. The lowest BCUT2D eigenvalue weighted by Crippen LogP contribution is -1.97. The number of ether oxygens (including phenoxy) is 1. The Labute approximate surface area is 129 Å². The molecular formula is C21H16O. The molecule has 0 aliphatic heterocycles. The molecule has 0 aliphatic carbocycles. The minimum absolute atomic E-state index is 0.579. The van der Waals surface area contributed by atoms with E-state index in [2.05, 4.69) is 54.6 Å². The SMILES string of the molecule is c1ccc(OCc2cc3ccccc3c3ccccc23)cc1. The first-order chi connectivity index (χ1) is 10.9. The van der Waals surface area contributed by atoms with E-state index in [1.807, 2.05) is 30.3 Å². The van der Waals surface area contributed by atoms with Crippen LogP contribution in [0, 0.1) is 0 Å². The molecule has 22 heavy (non-hydrogen) atoms. The molecule has 0 bridgehead atoms. The van der Waals surface area contributed by atoms with Gasteiger partial charge in [-0.25, -0.2) is 0 Å². The van der Waals surface area contributed by atoms with Gasteiger partial charge in [0.05, 0.1) is 0 Å². The molecule has 0 aliphatic rings. The number of hydrogen-bond donors (Lipinski definition) is 0. The van der Waals surface area contributed by atoms with Crippen molar-refractivity contribution in [3.8, 4) is 5.75 Å². The van der Waals surface area contributed by atoms with Crippen molar-refractivity contribution in [1.29, 1.82) is 0 Å². The van der Waals surface area contributed by atoms with Crippen LogP contribution in [-0.2, 0) is 6.61 Å². The van der Waals surface area contributed by atoms with Crippen LogP contribution in [0.15, 0.2) is 84.9 Å². The number of benzene rings is 4. The third-order valence-electron chi connectivity index (χ3n) is 3.99. The topological polar surface area (TPSA) is 9.23 Å². The quantitative estimate of drug-likeness (QED) is 0.447. The van der Waals surface area contributed by atoms with Crippen molar-refractivity contribution < 1.29 is 4.74 Å². The smallest absolute Gasteiger partial charge is 0.119 e. The van der Waals surface area contributed by atoms with Gasteiger partial charge in [0.2, 0.25) is 0 Å². The molecular weight excluding hydrogens is 268 g/mol. The Balaban J connectivity index is 1.81. The number of para-hydroxylation sites is 1. The van der Waals surface area contributed by atoms with Crippen molar-refractivity contribution in [2.24, 2.45) is 0 Å². The van der Waals surface area contributed by atoms with Crippen LogP contribution >= 0.6 is 0 Å². The highest BCUT2D eigenvalue weighted by Gasteiger charge is 2.06. The van der Waals surface area contributed by atoms with Crippen molar-refractivity contribution >= 4 is 21.5 Å². The molecule has 1 heteroatoms. The van der Waals surface area contributed by atoms with Crippen molar-refractivity contribution in [2.75, 3.05) is 0 Å². The minimum Gasteiger partial charge on any atom is -0.489 e. The molecule has 0 amide bonds. The maximum Gasteiger partial charge on any atom is 0.119 e. The van der Waals surface area contributed by atoms with Crippen LogP contribution < -0.4 is 4.74 Å². The Kier molecular flexibility index (Phi) is 3.24. The molecule has 4 aromatic carbocycles. The van der Waals surface area contributed by atoms with Crippen LogP contribution in [0.25, 0.3) is 21.5 Å². The molecule has 1 nitrogen and oxygen atoms in total. The molecule has 0 N–H and O–H groups in total. The minimum atomic E-state index is 0.579. The molecule has 0 atom stereocenters. The monoisotopic (exact) mass is 284 g/mol. The average Bonchev–Trinajstić information content (AvgIpc) is 2.60. The van der Waals surface area contributed by atoms with E-state index in [1.165, 1.54) is 27.1 Å². The molecule has 0 spiro atoms. The van der Waals surface area contributed by atoms with Crippen LogP contribution in [-0.4, -0.2) is 0 Å². The van der Waals surface area contributed by atoms with E-state index in [0.29, 0.717) is 6.61 Å². The van der Waals surface area contributed by atoms with Gasteiger partial charge in [-0.1, -0.05) is 66.7 Å². The van der Waals surface area contributed by atoms with Crippen molar-refractivity contribution in [1.82, 2.24) is 0 Å². The first-order valence-corrected chi connectivity index (χ1v) is 7.49. The van der Waals surface area contributed by atoms with E-state index in [1.54, 1.807) is 0 Å². The lowest BCUT2D eigenvalue weighted by molar-refractivity contribution is 0.308. The summed E-state index contributed by atoms with van der Waals surface area (Å²) < 4.78 is 5.95. The van der Waals surface area contributed by atoms with Crippen molar-refractivity contribution in [3.63, 3.8) is 0 Å². The third-order valence-corrected chi connectivity index (χ3v) is 3.99. The summed E-state index contributed by atoms with van der Waals surface area (Å²) in [5, 5.41) is 5.10. The maximum absolute atomic E-state index is 5.95. The molecule has 0 unspecified atom stereocenters. The fourth-order valence-corrected chi connectivity index (χ4v) is 2.93. The zero-order chi connectivity index (χ0) is 14.8. The van der Waals surface area contributed by atoms with Gasteiger partial charge in [0, 0.05) is 0 Å². The zero-order valence-electron chi connectivity index (χ0n) is 12.2. The van der Waals surface area contributed by atoms with E-state index in [4.69, 9.17) is 4.74 Å². The first-order valence-electron chi connectivity index (χ1n) is 7.49. The molecule has 0 saturated heterocycles. The first kappa shape index (κ1) is 12.9. The molecule has 0 heterocycles. The van der Waals surface area contributed by atoms with Gasteiger partial charge in [0.1, 0.15) is 12.4 Å². The summed E-state index contributed by atoms with van der Waals surface area (Å²) in [5.74, 6) is 0.903. The third kappa shape index (κ3) is 2.31. The fraction of sp³-hybridized carbons (Fsp3) is 0.0476. The number of hydrogen-bond acceptors (Lipinski definition) is 1. The van der Waals surface area contributed by atoms with Crippen LogP contribution in [0.4, 0.5) is 0 Å². The molecule has 0 saturated carbocycles. The van der Waals surface area contributed by atoms with E-state index in [-0.39, 0.29) is 0 Å². The summed E-state index contributed by atoms with van der Waals surface area (Å²) in [6.45, 7) is 0.579. The normalized spacial score (nSPS) is 10.9. The lowest BCUT2D eigenvalue weighted by Gasteiger charge is -2.12. The highest BCUT2D eigenvalue weighted by atomic mass is 16.5. The predicted molar refractivity (Wildman–Crippen MR) is 92.2 cm³/mol. The average molecular weight is 284 g/mol. The van der Waals surface area contributed by atoms with Gasteiger partial charge in [0.25, 0.3) is 0 Å². The molecule has 0 radical (unpaired) electrons. The lowest BCUT2D eigenvalue weighted by atomic mass is 9.98. The molecule has 4 aromatic rings. The van der Waals surface area contributed by atoms with Gasteiger partial charge in [-0.2, -0.15) is 0 Å². The van der Waals surface area contributed by atoms with Crippen molar-refractivity contribution in [2.45, 2.75) is 6.61 Å². The van der Waals surface area contributed by atoms with Gasteiger partial charge in [-0.3, -0.25) is 0 Å². The highest BCUT2D eigenvalue weighted by Crippen LogP contribution is 2.29. The Morgan fingerprint density at radius 1 is 0.591 bits per heavy atom. The summed E-state index contributed by atoms with van der Waals surface area (Å²) in [5.41, 5.74) is 1.22. The summed E-state index contributed by atoms with van der Waals surface area (Å²) in [6.07, 6.45) is 0. The summed E-state index contributed by atoms with van der Waals surface area (Å²) in [7, 11) is 0. The molecule has 106 valence electrons. The van der Waals surface area contributed by atoms with Gasteiger partial charge < -0.3 is 4.74 Å². The number of fused-ring (bicyclic) bond motifs is 3. The zero-order valence-corrected chi connectivity index (χ0v) is 12.2. The Morgan fingerprint density at radius 2 is 1.23 bits per heavy atom. The Bertz CT molecular complexity index is 926. The van der Waals surface area contributed by atoms with Gasteiger partial charge in [-0.15, -0.1) is 0 Å². The van der Waals surface area contributed by atoms with E-state index in [9.17, 15) is 0 Å². The van der Waals surface area contributed by atoms with E-state index in [0.717, 1.165) is 5.75 Å². The summed E-state index contributed by atoms with van der Waals surface area (Å²) >= 11 is 0. The van der Waals surface area contributed by atoms with Crippen LogP contribution in [0.1, 0.15) is 5.56 Å². The van der Waals surface area contributed by atoms with Gasteiger partial charge >= 0.3 is 0 Å². The second kappa shape index (κ2) is 5.53. The second-order valence-electron chi connectivity index (χ2n) is 5.40. The number of rotatable bonds is 3. The second-order valence-corrected chi connectivity index (χ2v) is 5.40. The largest absolute Gasteiger partial charge is 0.489 e. The van der Waals surface area contributed by atoms with Crippen molar-refractivity contribution in [3.05, 3.63) is 90.5 Å². The summed E-state index contributed by atoms with van der Waals surface area (Å²) in [6, 6.07) is 29.3.